The normalized spacial score (nSPS) is 15.7. The summed E-state index contributed by atoms with van der Waals surface area (Å²) in [6.07, 6.45) is 5.15. The monoisotopic (exact) mass is 464 g/mol. The fraction of sp³-hybridized carbons (Fsp3) is 0.320. The number of hydrogen-bond donors (Lipinski definition) is 1. The van der Waals surface area contributed by atoms with Crippen LogP contribution in [0.15, 0.2) is 64.8 Å². The first kappa shape index (κ1) is 22.9. The average molecular weight is 465 g/mol. The molecule has 0 bridgehead atoms. The van der Waals surface area contributed by atoms with Crippen molar-refractivity contribution in [2.24, 2.45) is 5.92 Å². The fourth-order valence-corrected chi connectivity index (χ4v) is 4.71. The number of anilines is 2. The van der Waals surface area contributed by atoms with Crippen LogP contribution >= 0.6 is 11.8 Å². The molecule has 1 saturated heterocycles. The third-order valence-electron chi connectivity index (χ3n) is 5.59. The quantitative estimate of drug-likeness (QED) is 0.538. The van der Waals surface area contributed by atoms with Gasteiger partial charge >= 0.3 is 0 Å². The highest BCUT2D eigenvalue weighted by Crippen LogP contribution is 2.34. The maximum atomic E-state index is 13.1. The summed E-state index contributed by atoms with van der Waals surface area (Å²) < 4.78 is 10.6. The molecule has 8 heteroatoms. The molecular formula is C25H28N4O3S. The number of carbonyl (C=O) groups is 1. The summed E-state index contributed by atoms with van der Waals surface area (Å²) in [5, 5.41) is 3.87. The number of aryl methyl sites for hydroxylation is 1. The Balaban J connectivity index is 1.48. The van der Waals surface area contributed by atoms with Crippen molar-refractivity contribution in [2.75, 3.05) is 37.5 Å². The van der Waals surface area contributed by atoms with Crippen LogP contribution in [-0.2, 0) is 4.79 Å². The van der Waals surface area contributed by atoms with E-state index in [1.165, 1.54) is 5.56 Å². The minimum Gasteiger partial charge on any atom is -0.497 e. The van der Waals surface area contributed by atoms with Crippen molar-refractivity contribution in [3.05, 3.63) is 60.4 Å². The van der Waals surface area contributed by atoms with Crippen LogP contribution in [0.2, 0.25) is 0 Å². The lowest BCUT2D eigenvalue weighted by atomic mass is 9.97. The van der Waals surface area contributed by atoms with E-state index in [1.54, 1.807) is 56.6 Å². The van der Waals surface area contributed by atoms with Crippen molar-refractivity contribution in [2.45, 2.75) is 29.7 Å². The molecule has 1 N–H and O–H groups in total. The second-order valence-electron chi connectivity index (χ2n) is 7.98. The van der Waals surface area contributed by atoms with Gasteiger partial charge in [-0.05, 0) is 31.9 Å². The summed E-state index contributed by atoms with van der Waals surface area (Å²) in [5.74, 6) is 1.91. The lowest BCUT2D eigenvalue weighted by molar-refractivity contribution is -0.120. The number of methoxy groups -OCH3 is 2. The second kappa shape index (κ2) is 10.6. The molecule has 0 unspecified atom stereocenters. The van der Waals surface area contributed by atoms with E-state index in [1.807, 2.05) is 0 Å². The Morgan fingerprint density at radius 3 is 2.45 bits per heavy atom. The van der Waals surface area contributed by atoms with Crippen molar-refractivity contribution in [1.82, 2.24) is 9.97 Å². The summed E-state index contributed by atoms with van der Waals surface area (Å²) in [6.45, 7) is 3.51. The summed E-state index contributed by atoms with van der Waals surface area (Å²) in [7, 11) is 3.18. The van der Waals surface area contributed by atoms with E-state index < -0.39 is 0 Å². The molecular weight excluding hydrogens is 436 g/mol. The topological polar surface area (TPSA) is 76.6 Å². The molecule has 2 heterocycles. The molecule has 4 rings (SSSR count). The predicted octanol–water partition coefficient (Wildman–Crippen LogP) is 4.81. The van der Waals surface area contributed by atoms with Gasteiger partial charge in [0, 0.05) is 54.3 Å². The third kappa shape index (κ3) is 5.76. The van der Waals surface area contributed by atoms with Gasteiger partial charge in [-0.2, -0.15) is 0 Å². The lowest BCUT2D eigenvalue weighted by Crippen LogP contribution is -2.41. The van der Waals surface area contributed by atoms with Crippen LogP contribution in [0.1, 0.15) is 18.4 Å². The Bertz CT molecular complexity index is 1080. The number of hydrogen-bond acceptors (Lipinski definition) is 7. The standard InChI is InChI=1S/C25H28N4O3S/c1-17-6-8-22(9-7-17)33-25-23(26-10-11-27-25)29-12-4-5-18(16-29)24(30)28-19-13-20(31-2)15-21(14-19)32-3/h6-11,13-15,18H,4-5,12,16H2,1-3H3,(H,28,30)/t18-/m1/s1. The van der Waals surface area contributed by atoms with Crippen molar-refractivity contribution >= 4 is 29.2 Å². The van der Waals surface area contributed by atoms with Gasteiger partial charge in [0.15, 0.2) is 5.82 Å². The molecule has 1 amide bonds. The van der Waals surface area contributed by atoms with Gasteiger partial charge in [0.2, 0.25) is 5.91 Å². The van der Waals surface area contributed by atoms with E-state index in [9.17, 15) is 4.79 Å². The van der Waals surface area contributed by atoms with Crippen molar-refractivity contribution in [3.8, 4) is 11.5 Å². The molecule has 0 saturated carbocycles. The molecule has 0 aliphatic carbocycles. The number of nitrogens with one attached hydrogen (secondary N) is 1. The number of benzene rings is 2. The first-order valence-electron chi connectivity index (χ1n) is 10.9. The fourth-order valence-electron chi connectivity index (χ4n) is 3.83. The number of amides is 1. The van der Waals surface area contributed by atoms with E-state index in [2.05, 4.69) is 51.4 Å². The Hall–Kier alpha value is -3.26. The van der Waals surface area contributed by atoms with Gasteiger partial charge in [0.1, 0.15) is 16.5 Å². The van der Waals surface area contributed by atoms with Gasteiger partial charge < -0.3 is 19.7 Å². The molecule has 172 valence electrons. The van der Waals surface area contributed by atoms with E-state index >= 15 is 0 Å². The molecule has 1 aliphatic rings. The molecule has 7 nitrogen and oxygen atoms in total. The molecule has 3 aromatic rings. The SMILES string of the molecule is COc1cc(NC(=O)[C@@H]2CCCN(c3nccnc3Sc3ccc(C)cc3)C2)cc(OC)c1. The van der Waals surface area contributed by atoms with Crippen LogP contribution in [0.3, 0.4) is 0 Å². The van der Waals surface area contributed by atoms with Gasteiger partial charge in [-0.15, -0.1) is 0 Å². The van der Waals surface area contributed by atoms with Gasteiger partial charge in [0.05, 0.1) is 20.1 Å². The van der Waals surface area contributed by atoms with Gasteiger partial charge in [-0.25, -0.2) is 9.97 Å². The lowest BCUT2D eigenvalue weighted by Gasteiger charge is -2.33. The summed E-state index contributed by atoms with van der Waals surface area (Å²) >= 11 is 1.59. The number of carbonyl (C=O) groups excluding carboxylic acids is 1. The zero-order chi connectivity index (χ0) is 23.2. The molecule has 2 aromatic carbocycles. The average Bonchev–Trinajstić information content (AvgIpc) is 2.85. The minimum absolute atomic E-state index is 0.0216. The Morgan fingerprint density at radius 2 is 1.76 bits per heavy atom. The first-order valence-corrected chi connectivity index (χ1v) is 11.7. The van der Waals surface area contributed by atoms with E-state index in [0.29, 0.717) is 23.7 Å². The van der Waals surface area contributed by atoms with E-state index in [4.69, 9.17) is 9.47 Å². The van der Waals surface area contributed by atoms with Crippen molar-refractivity contribution in [3.63, 3.8) is 0 Å². The molecule has 1 aliphatic heterocycles. The maximum Gasteiger partial charge on any atom is 0.229 e. The first-order chi connectivity index (χ1) is 16.1. The van der Waals surface area contributed by atoms with Crippen LogP contribution in [0.4, 0.5) is 11.5 Å². The number of piperidine rings is 1. The van der Waals surface area contributed by atoms with Crippen LogP contribution in [-0.4, -0.2) is 43.2 Å². The zero-order valence-corrected chi connectivity index (χ0v) is 19.9. The van der Waals surface area contributed by atoms with Crippen LogP contribution in [0.5, 0.6) is 11.5 Å². The number of aromatic nitrogens is 2. The van der Waals surface area contributed by atoms with E-state index in [0.717, 1.165) is 35.1 Å². The second-order valence-corrected chi connectivity index (χ2v) is 9.04. The third-order valence-corrected chi connectivity index (χ3v) is 6.58. The van der Waals surface area contributed by atoms with Gasteiger partial charge in [-0.1, -0.05) is 29.5 Å². The van der Waals surface area contributed by atoms with Gasteiger partial charge in [-0.3, -0.25) is 4.79 Å². The van der Waals surface area contributed by atoms with E-state index in [-0.39, 0.29) is 11.8 Å². The zero-order valence-electron chi connectivity index (χ0n) is 19.1. The molecule has 0 spiro atoms. The number of nitrogens with zero attached hydrogens (tertiary/aromatic N) is 3. The highest BCUT2D eigenvalue weighted by molar-refractivity contribution is 7.99. The van der Waals surface area contributed by atoms with Crippen LogP contribution in [0, 0.1) is 12.8 Å². The largest absolute Gasteiger partial charge is 0.497 e. The Kier molecular flexibility index (Phi) is 7.34. The molecule has 1 aromatic heterocycles. The molecule has 1 atom stereocenters. The van der Waals surface area contributed by atoms with Crippen molar-refractivity contribution < 1.29 is 14.3 Å². The van der Waals surface area contributed by atoms with Crippen LogP contribution < -0.4 is 19.7 Å². The highest BCUT2D eigenvalue weighted by atomic mass is 32.2. The van der Waals surface area contributed by atoms with Crippen molar-refractivity contribution in [1.29, 1.82) is 0 Å². The minimum atomic E-state index is -0.157. The molecule has 1 fully saturated rings. The highest BCUT2D eigenvalue weighted by Gasteiger charge is 2.28. The predicted molar refractivity (Wildman–Crippen MR) is 130 cm³/mol. The number of ether oxygens (including phenoxy) is 2. The Labute approximate surface area is 198 Å². The molecule has 33 heavy (non-hydrogen) atoms. The van der Waals surface area contributed by atoms with Gasteiger partial charge in [0.25, 0.3) is 0 Å². The van der Waals surface area contributed by atoms with Crippen LogP contribution in [0.25, 0.3) is 0 Å². The maximum absolute atomic E-state index is 13.1. The summed E-state index contributed by atoms with van der Waals surface area (Å²) in [6, 6.07) is 13.7. The number of rotatable bonds is 7. The summed E-state index contributed by atoms with van der Waals surface area (Å²) in [4.78, 5) is 25.6. The Morgan fingerprint density at radius 1 is 1.06 bits per heavy atom. The summed E-state index contributed by atoms with van der Waals surface area (Å²) in [5.41, 5.74) is 1.88. The smallest absolute Gasteiger partial charge is 0.229 e. The molecule has 0 radical (unpaired) electrons.